The molecule has 3 fully saturated rings. The molecule has 1 heterocycles. The van der Waals surface area contributed by atoms with E-state index in [2.05, 4.69) is 36.3 Å². The van der Waals surface area contributed by atoms with Crippen LogP contribution < -0.4 is 5.32 Å². The predicted octanol–water partition coefficient (Wildman–Crippen LogP) is 2.76. The van der Waals surface area contributed by atoms with Crippen molar-refractivity contribution in [3.05, 3.63) is 11.8 Å². The fourth-order valence-electron chi connectivity index (χ4n) is 4.70. The van der Waals surface area contributed by atoms with Crippen LogP contribution in [0, 0.1) is 23.7 Å². The number of aromatic nitrogens is 2. The predicted molar refractivity (Wildman–Crippen MR) is 76.3 cm³/mol. The molecule has 1 aromatic heterocycles. The standard InChI is InChI=1S/C16H25N3O/c1-16(2,3)17-7-6-11-18-19-15(20-11)14-12-9-4-5-10(8-9)13(12)14/h9-10,12-14,17H,4-8H2,1-3H3. The molecule has 4 nitrogen and oxygen atoms in total. The third-order valence-corrected chi connectivity index (χ3v) is 5.50. The highest BCUT2D eigenvalue weighted by molar-refractivity contribution is 5.22. The molecule has 0 radical (unpaired) electrons. The zero-order chi connectivity index (χ0) is 13.9. The molecule has 0 saturated heterocycles. The van der Waals surface area contributed by atoms with E-state index in [0.717, 1.165) is 48.4 Å². The first-order valence-electron chi connectivity index (χ1n) is 8.10. The van der Waals surface area contributed by atoms with Gasteiger partial charge in [-0.1, -0.05) is 0 Å². The van der Waals surface area contributed by atoms with Crippen molar-refractivity contribution in [1.82, 2.24) is 15.5 Å². The minimum Gasteiger partial charge on any atom is -0.425 e. The number of rotatable bonds is 4. The molecule has 1 aromatic rings. The van der Waals surface area contributed by atoms with Gasteiger partial charge in [0.15, 0.2) is 0 Å². The Bertz CT molecular complexity index is 488. The molecule has 0 spiro atoms. The Morgan fingerprint density at radius 3 is 2.50 bits per heavy atom. The third-order valence-electron chi connectivity index (χ3n) is 5.50. The maximum atomic E-state index is 5.92. The van der Waals surface area contributed by atoms with Crippen molar-refractivity contribution in [2.75, 3.05) is 6.54 Å². The topological polar surface area (TPSA) is 51.0 Å². The molecule has 4 unspecified atom stereocenters. The van der Waals surface area contributed by atoms with Crippen molar-refractivity contribution in [3.63, 3.8) is 0 Å². The largest absolute Gasteiger partial charge is 0.425 e. The summed E-state index contributed by atoms with van der Waals surface area (Å²) in [6.07, 6.45) is 5.19. The van der Waals surface area contributed by atoms with Gasteiger partial charge in [0.25, 0.3) is 0 Å². The molecule has 4 heteroatoms. The van der Waals surface area contributed by atoms with E-state index in [1.807, 2.05) is 0 Å². The summed E-state index contributed by atoms with van der Waals surface area (Å²) in [6.45, 7) is 7.42. The summed E-state index contributed by atoms with van der Waals surface area (Å²) in [5, 5.41) is 12.0. The lowest BCUT2D eigenvalue weighted by Gasteiger charge is -2.19. The van der Waals surface area contributed by atoms with Gasteiger partial charge in [-0.05, 0) is 63.7 Å². The maximum absolute atomic E-state index is 5.92. The van der Waals surface area contributed by atoms with Gasteiger partial charge in [0.2, 0.25) is 11.8 Å². The molecular formula is C16H25N3O. The van der Waals surface area contributed by atoms with Crippen LogP contribution in [0.5, 0.6) is 0 Å². The maximum Gasteiger partial charge on any atom is 0.220 e. The van der Waals surface area contributed by atoms with Crippen molar-refractivity contribution in [1.29, 1.82) is 0 Å². The Kier molecular flexibility index (Phi) is 2.75. The Hall–Kier alpha value is -0.900. The van der Waals surface area contributed by atoms with Crippen LogP contribution >= 0.6 is 0 Å². The monoisotopic (exact) mass is 275 g/mol. The number of nitrogens with zero attached hydrogens (tertiary/aromatic N) is 2. The summed E-state index contributed by atoms with van der Waals surface area (Å²) in [6, 6.07) is 0. The third kappa shape index (κ3) is 2.09. The lowest BCUT2D eigenvalue weighted by molar-refractivity contribution is 0.388. The van der Waals surface area contributed by atoms with E-state index in [0.29, 0.717) is 5.92 Å². The minimum absolute atomic E-state index is 0.148. The molecule has 0 aliphatic heterocycles. The van der Waals surface area contributed by atoms with Gasteiger partial charge >= 0.3 is 0 Å². The number of hydrogen-bond acceptors (Lipinski definition) is 4. The molecule has 0 aromatic carbocycles. The molecule has 3 aliphatic carbocycles. The van der Waals surface area contributed by atoms with Crippen LogP contribution in [0.1, 0.15) is 57.7 Å². The second kappa shape index (κ2) is 4.30. The van der Waals surface area contributed by atoms with E-state index in [-0.39, 0.29) is 5.54 Å². The molecule has 4 rings (SSSR count). The van der Waals surface area contributed by atoms with Gasteiger partial charge in [0, 0.05) is 24.4 Å². The molecule has 3 saturated carbocycles. The van der Waals surface area contributed by atoms with E-state index in [1.54, 1.807) is 0 Å². The molecular weight excluding hydrogens is 250 g/mol. The molecule has 110 valence electrons. The van der Waals surface area contributed by atoms with Crippen molar-refractivity contribution in [2.45, 2.75) is 57.9 Å². The molecule has 1 N–H and O–H groups in total. The van der Waals surface area contributed by atoms with E-state index < -0.39 is 0 Å². The van der Waals surface area contributed by atoms with Gasteiger partial charge in [-0.2, -0.15) is 0 Å². The van der Waals surface area contributed by atoms with E-state index >= 15 is 0 Å². The van der Waals surface area contributed by atoms with Gasteiger partial charge in [0.05, 0.1) is 0 Å². The Labute approximate surface area is 120 Å². The van der Waals surface area contributed by atoms with Gasteiger partial charge in [-0.25, -0.2) is 0 Å². The highest BCUT2D eigenvalue weighted by Gasteiger charge is 2.67. The summed E-state index contributed by atoms with van der Waals surface area (Å²) >= 11 is 0. The van der Waals surface area contributed by atoms with Crippen LogP contribution in [-0.2, 0) is 6.42 Å². The van der Waals surface area contributed by atoms with E-state index in [9.17, 15) is 0 Å². The summed E-state index contributed by atoms with van der Waals surface area (Å²) in [7, 11) is 0. The molecule has 2 bridgehead atoms. The zero-order valence-corrected chi connectivity index (χ0v) is 12.7. The fraction of sp³-hybridized carbons (Fsp3) is 0.875. The second-order valence-corrected chi connectivity index (χ2v) is 7.97. The van der Waals surface area contributed by atoms with Gasteiger partial charge in [0.1, 0.15) is 0 Å². The smallest absolute Gasteiger partial charge is 0.220 e. The first-order chi connectivity index (χ1) is 9.53. The number of hydrogen-bond donors (Lipinski definition) is 1. The molecule has 0 amide bonds. The van der Waals surface area contributed by atoms with Crippen molar-refractivity contribution in [2.24, 2.45) is 23.7 Å². The second-order valence-electron chi connectivity index (χ2n) is 7.97. The lowest BCUT2D eigenvalue weighted by Crippen LogP contribution is -2.37. The average Bonchev–Trinajstić information content (AvgIpc) is 2.78. The summed E-state index contributed by atoms with van der Waals surface area (Å²) in [5.74, 6) is 6.04. The first-order valence-corrected chi connectivity index (χ1v) is 8.10. The van der Waals surface area contributed by atoms with Crippen LogP contribution in [0.3, 0.4) is 0 Å². The quantitative estimate of drug-likeness (QED) is 0.918. The fourth-order valence-corrected chi connectivity index (χ4v) is 4.70. The summed E-state index contributed by atoms with van der Waals surface area (Å²) in [4.78, 5) is 0. The first kappa shape index (κ1) is 12.8. The van der Waals surface area contributed by atoms with Crippen LogP contribution in [-0.4, -0.2) is 22.3 Å². The van der Waals surface area contributed by atoms with Gasteiger partial charge < -0.3 is 9.73 Å². The van der Waals surface area contributed by atoms with Gasteiger partial charge in [-0.15, -0.1) is 10.2 Å². The lowest BCUT2D eigenvalue weighted by atomic mass is 10.0. The summed E-state index contributed by atoms with van der Waals surface area (Å²) in [5.41, 5.74) is 0.148. The zero-order valence-electron chi connectivity index (χ0n) is 12.7. The van der Waals surface area contributed by atoms with Crippen molar-refractivity contribution < 1.29 is 4.42 Å². The van der Waals surface area contributed by atoms with Crippen LogP contribution in [0.2, 0.25) is 0 Å². The van der Waals surface area contributed by atoms with Crippen LogP contribution in [0.25, 0.3) is 0 Å². The molecule has 4 atom stereocenters. The average molecular weight is 275 g/mol. The Morgan fingerprint density at radius 2 is 1.85 bits per heavy atom. The number of nitrogens with one attached hydrogen (secondary N) is 1. The Balaban J connectivity index is 1.36. The van der Waals surface area contributed by atoms with E-state index in [4.69, 9.17) is 4.42 Å². The summed E-state index contributed by atoms with van der Waals surface area (Å²) < 4.78 is 5.92. The van der Waals surface area contributed by atoms with Crippen molar-refractivity contribution in [3.8, 4) is 0 Å². The van der Waals surface area contributed by atoms with E-state index in [1.165, 1.54) is 19.3 Å². The highest BCUT2D eigenvalue weighted by Crippen LogP contribution is 2.72. The van der Waals surface area contributed by atoms with Crippen LogP contribution in [0.4, 0.5) is 0 Å². The van der Waals surface area contributed by atoms with Crippen LogP contribution in [0.15, 0.2) is 4.42 Å². The highest BCUT2D eigenvalue weighted by atomic mass is 16.4. The normalized spacial score (nSPS) is 38.2. The van der Waals surface area contributed by atoms with Gasteiger partial charge in [-0.3, -0.25) is 0 Å². The van der Waals surface area contributed by atoms with Crippen molar-refractivity contribution >= 4 is 0 Å². The Morgan fingerprint density at radius 1 is 1.15 bits per heavy atom. The molecule has 3 aliphatic rings. The minimum atomic E-state index is 0.148. The number of fused-ring (bicyclic) bond motifs is 5. The molecule has 20 heavy (non-hydrogen) atoms. The SMILES string of the molecule is CC(C)(C)NCCc1nnc(C2C3C4CCC(C4)C23)o1.